The van der Waals surface area contributed by atoms with Crippen LogP contribution in [-0.4, -0.2) is 29.1 Å². The predicted octanol–water partition coefficient (Wildman–Crippen LogP) is 4.78. The Morgan fingerprint density at radius 2 is 1.93 bits per heavy atom. The molecule has 1 aliphatic heterocycles. The number of aromatic hydroxyl groups is 1. The van der Waals surface area contributed by atoms with E-state index in [0.29, 0.717) is 19.8 Å². The van der Waals surface area contributed by atoms with Gasteiger partial charge in [0.1, 0.15) is 0 Å². The Bertz CT molecular complexity index is 1090. The zero-order chi connectivity index (χ0) is 19.3. The van der Waals surface area contributed by atoms with Crippen molar-refractivity contribution >= 4 is 40.6 Å². The molecule has 1 aliphatic rings. The van der Waals surface area contributed by atoms with E-state index in [-0.39, 0.29) is 5.88 Å². The van der Waals surface area contributed by atoms with Crippen molar-refractivity contribution in [3.05, 3.63) is 69.8 Å². The topological polar surface area (TPSA) is 59.1 Å². The highest BCUT2D eigenvalue weighted by Crippen LogP contribution is 2.34. The number of nitrogens with zero attached hydrogens (tertiary/aromatic N) is 3. The third kappa shape index (κ3) is 3.83. The van der Waals surface area contributed by atoms with Gasteiger partial charge in [-0.1, -0.05) is 47.7 Å². The van der Waals surface area contributed by atoms with Gasteiger partial charge in [0.15, 0.2) is 4.80 Å². The maximum atomic E-state index is 10.9. The lowest BCUT2D eigenvalue weighted by atomic mass is 10.1. The fourth-order valence-electron chi connectivity index (χ4n) is 3.01. The number of thiazole rings is 1. The lowest BCUT2D eigenvalue weighted by Crippen LogP contribution is -2.17. The lowest BCUT2D eigenvalue weighted by Gasteiger charge is -2.05. The zero-order valence-electron chi connectivity index (χ0n) is 15.6. The fraction of sp³-hybridized carbons (Fsp3) is 0.182. The fourth-order valence-corrected chi connectivity index (χ4v) is 4.03. The summed E-state index contributed by atoms with van der Waals surface area (Å²) >= 11 is 1.45. The van der Waals surface area contributed by atoms with Gasteiger partial charge in [0.25, 0.3) is 0 Å². The van der Waals surface area contributed by atoms with Gasteiger partial charge in [0.2, 0.25) is 5.88 Å². The Hall–Kier alpha value is -2.96. The van der Waals surface area contributed by atoms with Gasteiger partial charge in [-0.05, 0) is 31.2 Å². The van der Waals surface area contributed by atoms with Gasteiger partial charge in [0, 0.05) is 24.0 Å². The first-order valence-electron chi connectivity index (χ1n) is 9.21. The van der Waals surface area contributed by atoms with E-state index < -0.39 is 0 Å². The van der Waals surface area contributed by atoms with Crippen LogP contribution in [-0.2, 0) is 11.3 Å². The van der Waals surface area contributed by atoms with Crippen molar-refractivity contribution in [1.82, 2.24) is 4.57 Å². The molecule has 0 aliphatic carbocycles. The average Bonchev–Trinajstić information content (AvgIpc) is 3.25. The minimum Gasteiger partial charge on any atom is -0.493 e. The molecule has 5 nitrogen and oxygen atoms in total. The second-order valence-corrected chi connectivity index (χ2v) is 7.25. The molecule has 0 saturated heterocycles. The summed E-state index contributed by atoms with van der Waals surface area (Å²) in [5.41, 5.74) is 3.84. The number of benzene rings is 2. The molecule has 142 valence electrons. The molecule has 0 fully saturated rings. The van der Waals surface area contributed by atoms with Gasteiger partial charge >= 0.3 is 0 Å². The molecular weight excluding hydrogens is 370 g/mol. The molecule has 0 amide bonds. The summed E-state index contributed by atoms with van der Waals surface area (Å²) in [6, 6.07) is 17.7. The summed E-state index contributed by atoms with van der Waals surface area (Å²) in [5, 5.41) is 10.9. The summed E-state index contributed by atoms with van der Waals surface area (Å²) < 4.78 is 7.28. The Morgan fingerprint density at radius 3 is 2.75 bits per heavy atom. The van der Waals surface area contributed by atoms with Gasteiger partial charge in [-0.25, -0.2) is 4.99 Å². The number of rotatable bonds is 6. The lowest BCUT2D eigenvalue weighted by molar-refractivity contribution is 0.136. The summed E-state index contributed by atoms with van der Waals surface area (Å²) in [6.45, 7) is 3.65. The van der Waals surface area contributed by atoms with Crippen LogP contribution in [0.3, 0.4) is 0 Å². The molecule has 6 heteroatoms. The van der Waals surface area contributed by atoms with Crippen LogP contribution >= 0.6 is 11.3 Å². The van der Waals surface area contributed by atoms with Gasteiger partial charge in [-0.2, -0.15) is 0 Å². The average molecular weight is 391 g/mol. The first kappa shape index (κ1) is 18.4. The number of hydrogen-bond acceptors (Lipinski definition) is 5. The highest BCUT2D eigenvalue weighted by atomic mass is 32.1. The molecule has 2 aromatic carbocycles. The van der Waals surface area contributed by atoms with Crippen LogP contribution in [0, 0.1) is 0 Å². The molecule has 0 unspecified atom stereocenters. The minimum atomic E-state index is 0.199. The molecule has 1 N–H and O–H groups in total. The molecule has 3 aromatic rings. The molecule has 28 heavy (non-hydrogen) atoms. The summed E-state index contributed by atoms with van der Waals surface area (Å²) in [7, 11) is 0. The first-order valence-corrected chi connectivity index (χ1v) is 10.0. The van der Waals surface area contributed by atoms with E-state index in [0.717, 1.165) is 32.2 Å². The Kier molecular flexibility index (Phi) is 5.50. The SMILES string of the molecule is CCOCCn1c(O)c(C=C2C=Nc3ccccc32)sc1=Nc1ccccc1. The largest absolute Gasteiger partial charge is 0.493 e. The molecule has 0 spiro atoms. The molecule has 0 radical (unpaired) electrons. The number of ether oxygens (including phenoxy) is 1. The smallest absolute Gasteiger partial charge is 0.211 e. The minimum absolute atomic E-state index is 0.199. The van der Waals surface area contributed by atoms with Crippen molar-refractivity contribution in [3.8, 4) is 5.88 Å². The van der Waals surface area contributed by atoms with Crippen LogP contribution in [0.1, 0.15) is 17.4 Å². The molecule has 1 aromatic heterocycles. The Balaban J connectivity index is 1.77. The normalized spacial score (nSPS) is 14.8. The number of hydrogen-bond donors (Lipinski definition) is 1. The summed E-state index contributed by atoms with van der Waals surface area (Å²) in [5.74, 6) is 0.199. The second-order valence-electron chi connectivity index (χ2n) is 6.24. The van der Waals surface area contributed by atoms with E-state index >= 15 is 0 Å². The Morgan fingerprint density at radius 1 is 1.14 bits per heavy atom. The number of fused-ring (bicyclic) bond motifs is 1. The van der Waals surface area contributed by atoms with Gasteiger partial charge in [-0.15, -0.1) is 0 Å². The third-order valence-electron chi connectivity index (χ3n) is 4.40. The van der Waals surface area contributed by atoms with E-state index in [1.807, 2.05) is 73.8 Å². The number of allylic oxidation sites excluding steroid dienone is 1. The van der Waals surface area contributed by atoms with Crippen molar-refractivity contribution < 1.29 is 9.84 Å². The van der Waals surface area contributed by atoms with E-state index in [1.54, 1.807) is 4.57 Å². The maximum absolute atomic E-state index is 10.9. The van der Waals surface area contributed by atoms with E-state index in [9.17, 15) is 5.11 Å². The highest BCUT2D eigenvalue weighted by Gasteiger charge is 2.15. The second kappa shape index (κ2) is 8.37. The van der Waals surface area contributed by atoms with Crippen molar-refractivity contribution in [1.29, 1.82) is 0 Å². The van der Waals surface area contributed by atoms with Crippen molar-refractivity contribution in [2.75, 3.05) is 13.2 Å². The monoisotopic (exact) mass is 391 g/mol. The van der Waals surface area contributed by atoms with Crippen molar-refractivity contribution in [3.63, 3.8) is 0 Å². The van der Waals surface area contributed by atoms with Crippen LogP contribution in [0.4, 0.5) is 11.4 Å². The number of aliphatic imine (C=N–C) groups is 1. The Labute approximate surface area is 167 Å². The molecule has 0 atom stereocenters. The van der Waals surface area contributed by atoms with Gasteiger partial charge in [-0.3, -0.25) is 9.56 Å². The quantitative estimate of drug-likeness (QED) is 0.615. The molecule has 4 rings (SSSR count). The number of para-hydroxylation sites is 2. The zero-order valence-corrected chi connectivity index (χ0v) is 16.4. The predicted molar refractivity (Wildman–Crippen MR) is 115 cm³/mol. The maximum Gasteiger partial charge on any atom is 0.211 e. The van der Waals surface area contributed by atoms with Crippen LogP contribution < -0.4 is 4.80 Å². The molecule has 2 heterocycles. The highest BCUT2D eigenvalue weighted by molar-refractivity contribution is 7.10. The summed E-state index contributed by atoms with van der Waals surface area (Å²) in [4.78, 5) is 10.7. The van der Waals surface area contributed by atoms with Crippen LogP contribution in [0.15, 0.2) is 64.6 Å². The van der Waals surface area contributed by atoms with E-state index in [1.165, 1.54) is 11.3 Å². The van der Waals surface area contributed by atoms with E-state index in [2.05, 4.69) is 4.99 Å². The first-order chi connectivity index (χ1) is 13.8. The standard InChI is InChI=1S/C22H21N3O2S/c1-2-27-13-12-25-21(26)20(28-22(25)24-17-8-4-3-5-9-17)14-16-15-23-19-11-7-6-10-18(16)19/h3-11,14-15,26H,2,12-13H2,1H3. The third-order valence-corrected chi connectivity index (χ3v) is 5.41. The molecule has 0 saturated carbocycles. The molecular formula is C22H21N3O2S. The van der Waals surface area contributed by atoms with Gasteiger partial charge < -0.3 is 9.84 Å². The van der Waals surface area contributed by atoms with Crippen LogP contribution in [0.25, 0.3) is 11.6 Å². The summed E-state index contributed by atoms with van der Waals surface area (Å²) in [6.07, 6.45) is 3.80. The molecule has 0 bridgehead atoms. The number of aromatic nitrogens is 1. The van der Waals surface area contributed by atoms with Crippen LogP contribution in [0.5, 0.6) is 5.88 Å². The van der Waals surface area contributed by atoms with E-state index in [4.69, 9.17) is 9.73 Å². The van der Waals surface area contributed by atoms with Crippen molar-refractivity contribution in [2.45, 2.75) is 13.5 Å². The van der Waals surface area contributed by atoms with Gasteiger partial charge in [0.05, 0.1) is 29.4 Å². The van der Waals surface area contributed by atoms with Crippen LogP contribution in [0.2, 0.25) is 0 Å². The van der Waals surface area contributed by atoms with Crippen molar-refractivity contribution in [2.24, 2.45) is 9.98 Å².